The lowest BCUT2D eigenvalue weighted by Crippen LogP contribution is -2.58. The third-order valence-electron chi connectivity index (χ3n) is 2.44. The van der Waals surface area contributed by atoms with Crippen LogP contribution in [0.25, 0.3) is 0 Å². The van der Waals surface area contributed by atoms with Crippen LogP contribution in [0.1, 0.15) is 0 Å². The predicted molar refractivity (Wildman–Crippen MR) is 57.2 cm³/mol. The maximum Gasteiger partial charge on any atom is 0.152 e. The van der Waals surface area contributed by atoms with Crippen LogP contribution in [-0.4, -0.2) is 42.1 Å². The van der Waals surface area contributed by atoms with E-state index in [1.165, 1.54) is 0 Å². The molecule has 1 heterocycles. The third-order valence-corrected chi connectivity index (χ3v) is 67.1. The highest BCUT2D eigenvalue weighted by atomic mass is 29.9. The summed E-state index contributed by atoms with van der Waals surface area (Å²) in [5.74, 6) is 0. The maximum absolute atomic E-state index is 6.01. The average Bonchev–Trinajstić information content (AvgIpc) is 1.77. The molecule has 1 fully saturated rings. The van der Waals surface area contributed by atoms with Crippen molar-refractivity contribution in [2.45, 2.75) is 19.6 Å². The van der Waals surface area contributed by atoms with Crippen LogP contribution in [0, 0.1) is 0 Å². The van der Waals surface area contributed by atoms with Crippen molar-refractivity contribution >= 4 is 42.1 Å². The van der Waals surface area contributed by atoms with Gasteiger partial charge in [0, 0.05) is 24.9 Å². The van der Waals surface area contributed by atoms with Crippen LogP contribution < -0.4 is 0 Å². The molecule has 0 spiro atoms. The first-order chi connectivity index (χ1) is 4.13. The van der Waals surface area contributed by atoms with E-state index in [1.807, 2.05) is 0 Å². The zero-order valence-electron chi connectivity index (χ0n) is 6.61. The number of hydrogen-bond donors (Lipinski definition) is 0. The van der Waals surface area contributed by atoms with E-state index < -0.39 is 7.83 Å². The molecule has 1 unspecified atom stereocenters. The Kier molecular flexibility index (Phi) is 2.69. The van der Waals surface area contributed by atoms with Crippen molar-refractivity contribution in [1.29, 1.82) is 0 Å². The van der Waals surface area contributed by atoms with Crippen molar-refractivity contribution in [2.75, 3.05) is 0 Å². The van der Waals surface area contributed by atoms with Crippen molar-refractivity contribution in [3.05, 3.63) is 0 Å². The van der Waals surface area contributed by atoms with Gasteiger partial charge in [-0.25, -0.2) is 0 Å². The van der Waals surface area contributed by atoms with Crippen molar-refractivity contribution in [3.63, 3.8) is 0 Å². The Balaban J connectivity index is 2.49. The van der Waals surface area contributed by atoms with Crippen molar-refractivity contribution in [1.82, 2.24) is 0 Å². The fourth-order valence-electron chi connectivity index (χ4n) is 1.21. The highest BCUT2D eigenvalue weighted by Crippen LogP contribution is 2.09. The summed E-state index contributed by atoms with van der Waals surface area (Å²) in [6.07, 6.45) is 0. The van der Waals surface area contributed by atoms with E-state index in [0.717, 1.165) is 0 Å². The minimum Gasteiger partial charge on any atom is -0.466 e. The Labute approximate surface area is 66.1 Å². The van der Waals surface area contributed by atoms with Gasteiger partial charge in [0.25, 0.3) is 0 Å². The van der Waals surface area contributed by atoms with E-state index in [2.05, 4.69) is 19.6 Å². The zero-order valence-corrected chi connectivity index (χ0v) is 13.0. The van der Waals surface area contributed by atoms with Crippen LogP contribution in [0.2, 0.25) is 19.6 Å². The fraction of sp³-hybridized carbons (Fsp3) is 1.00. The molecule has 0 saturated carbocycles. The number of hydrogen-bond acceptors (Lipinski definition) is 1. The third kappa shape index (κ3) is 1.98. The second kappa shape index (κ2) is 2.97. The first-order valence-corrected chi connectivity index (χ1v) is 21.5. The number of rotatable bonds is 0. The molecular weight excluding hydrogens is 192 g/mol. The summed E-state index contributed by atoms with van der Waals surface area (Å²) < 4.78 is 6.01. The summed E-state index contributed by atoms with van der Waals surface area (Å²) in [6, 6.07) is 0. The molecular formula is C3H16OSi5. The van der Waals surface area contributed by atoms with Gasteiger partial charge in [0.15, 0.2) is 7.83 Å². The molecule has 1 atom stereocenters. The summed E-state index contributed by atoms with van der Waals surface area (Å²) in [5, 5.41) is 0. The highest BCUT2D eigenvalue weighted by Gasteiger charge is 2.33. The van der Waals surface area contributed by atoms with Gasteiger partial charge in [-0.2, -0.15) is 0 Å². The first kappa shape index (κ1) is 8.14. The topological polar surface area (TPSA) is 9.23 Å². The molecule has 0 aliphatic carbocycles. The molecule has 1 nitrogen and oxygen atoms in total. The largest absolute Gasteiger partial charge is 0.466 e. The molecule has 0 aromatic carbocycles. The Bertz CT molecular complexity index is 104. The van der Waals surface area contributed by atoms with Crippen LogP contribution in [0.4, 0.5) is 0 Å². The molecule has 6 heteroatoms. The second-order valence-corrected chi connectivity index (χ2v) is 41.2. The Morgan fingerprint density at radius 2 is 2.11 bits per heavy atom. The molecule has 0 aromatic heterocycles. The summed E-state index contributed by atoms with van der Waals surface area (Å²) in [7, 11) is 0.270. The molecule has 0 N–H and O–H groups in total. The quantitative estimate of drug-likeness (QED) is 0.415. The molecule has 0 amide bonds. The van der Waals surface area contributed by atoms with E-state index in [1.54, 1.807) is 0 Å². The van der Waals surface area contributed by atoms with Crippen LogP contribution >= 0.6 is 0 Å². The van der Waals surface area contributed by atoms with E-state index in [-0.39, 0.29) is 17.1 Å². The van der Waals surface area contributed by atoms with E-state index in [0.29, 0.717) is 17.1 Å². The summed E-state index contributed by atoms with van der Waals surface area (Å²) in [5.41, 5.74) is 0. The van der Waals surface area contributed by atoms with Gasteiger partial charge in [0.05, 0.1) is 0 Å². The Morgan fingerprint density at radius 3 is 2.44 bits per heavy atom. The molecule has 1 rings (SSSR count). The predicted octanol–water partition coefficient (Wildman–Crippen LogP) is -2.09. The molecule has 0 aromatic rings. The van der Waals surface area contributed by atoms with Gasteiger partial charge in [0.1, 0.15) is 9.28 Å². The standard InChI is InChI=1S/C3H16OSi5/c1-8-7-6-5-4-9(8,2)3/h8H,5-7H2,1-3H3. The van der Waals surface area contributed by atoms with E-state index >= 15 is 0 Å². The van der Waals surface area contributed by atoms with E-state index in [9.17, 15) is 0 Å². The van der Waals surface area contributed by atoms with E-state index in [4.69, 9.17) is 4.12 Å². The fourth-order valence-corrected chi connectivity index (χ4v) is 99.4. The van der Waals surface area contributed by atoms with Crippen molar-refractivity contribution in [2.24, 2.45) is 0 Å². The molecule has 54 valence electrons. The van der Waals surface area contributed by atoms with Gasteiger partial charge >= 0.3 is 0 Å². The summed E-state index contributed by atoms with van der Waals surface area (Å²) in [4.78, 5) is 0. The van der Waals surface area contributed by atoms with Crippen LogP contribution in [0.5, 0.6) is 0 Å². The van der Waals surface area contributed by atoms with Crippen LogP contribution in [0.15, 0.2) is 0 Å². The lowest BCUT2D eigenvalue weighted by Gasteiger charge is -2.33. The van der Waals surface area contributed by atoms with Gasteiger partial charge in [-0.1, -0.05) is 6.55 Å². The summed E-state index contributed by atoms with van der Waals surface area (Å²) >= 11 is 0. The van der Waals surface area contributed by atoms with Gasteiger partial charge in [0.2, 0.25) is 0 Å². The smallest absolute Gasteiger partial charge is 0.152 e. The zero-order chi connectivity index (χ0) is 6.91. The van der Waals surface area contributed by atoms with Crippen LogP contribution in [-0.2, 0) is 4.12 Å². The minimum absolute atomic E-state index is 0.152. The SMILES string of the molecule is C[SiH]1[SiH2][SiH2][SiH2]O[Si]1(C)C. The lowest BCUT2D eigenvalue weighted by atomic mass is 11.9. The molecule has 9 heavy (non-hydrogen) atoms. The molecule has 0 radical (unpaired) electrons. The monoisotopic (exact) mass is 208 g/mol. The average molecular weight is 209 g/mol. The van der Waals surface area contributed by atoms with Gasteiger partial charge in [-0.15, -0.1) is 0 Å². The van der Waals surface area contributed by atoms with Gasteiger partial charge in [-0.05, 0) is 13.1 Å². The first-order valence-electron chi connectivity index (χ1n) is 3.77. The Hall–Kier alpha value is 1.04. The molecule has 1 aliphatic heterocycles. The normalized spacial score (nSPS) is 42.3. The summed E-state index contributed by atoms with van der Waals surface area (Å²) in [6.45, 7) is 7.52. The van der Waals surface area contributed by atoms with Crippen molar-refractivity contribution in [3.8, 4) is 0 Å². The van der Waals surface area contributed by atoms with Crippen molar-refractivity contribution < 1.29 is 4.12 Å². The highest BCUT2D eigenvalue weighted by molar-refractivity contribution is 7.66. The maximum atomic E-state index is 6.01. The molecule has 1 aliphatic rings. The van der Waals surface area contributed by atoms with Gasteiger partial charge < -0.3 is 4.12 Å². The second-order valence-electron chi connectivity index (χ2n) is 3.50. The molecule has 0 bridgehead atoms. The minimum atomic E-state index is -0.897. The van der Waals surface area contributed by atoms with Crippen LogP contribution in [0.3, 0.4) is 0 Å². The Morgan fingerprint density at radius 1 is 1.44 bits per heavy atom. The van der Waals surface area contributed by atoms with Gasteiger partial charge in [-0.3, -0.25) is 0 Å². The molecule has 1 saturated heterocycles. The lowest BCUT2D eigenvalue weighted by molar-refractivity contribution is 0.627.